The monoisotopic (exact) mass is 258 g/mol. The number of nitriles is 1. The Morgan fingerprint density at radius 1 is 1.47 bits per heavy atom. The Balaban J connectivity index is 2.07. The summed E-state index contributed by atoms with van der Waals surface area (Å²) >= 11 is 0. The third kappa shape index (κ3) is 1.76. The summed E-state index contributed by atoms with van der Waals surface area (Å²) in [6, 6.07) is 7.94. The van der Waals surface area contributed by atoms with Crippen molar-refractivity contribution < 1.29 is 9.15 Å². The summed E-state index contributed by atoms with van der Waals surface area (Å²) in [5.41, 5.74) is 2.40. The molecule has 5 nitrogen and oxygen atoms in total. The van der Waals surface area contributed by atoms with Crippen LogP contribution in [0.1, 0.15) is 18.4 Å². The number of ether oxygens (including phenoxy) is 1. The zero-order chi connectivity index (χ0) is 13.5. The quantitative estimate of drug-likeness (QED) is 0.840. The van der Waals surface area contributed by atoms with Crippen molar-refractivity contribution in [2.24, 2.45) is 7.05 Å². The molecule has 98 valence electrons. The van der Waals surface area contributed by atoms with Gasteiger partial charge in [0.25, 0.3) is 0 Å². The van der Waals surface area contributed by atoms with Gasteiger partial charge >= 0.3 is 5.76 Å². The number of hydrogen-bond donors (Lipinski definition) is 0. The SMILES string of the molecule is Cn1c(=O)oc2ccc(C3(CCC#N)COC3)cc21. The minimum atomic E-state index is -0.358. The molecule has 1 aromatic carbocycles. The molecule has 0 bridgehead atoms. The maximum Gasteiger partial charge on any atom is 0.419 e. The van der Waals surface area contributed by atoms with Crippen LogP contribution in [0.5, 0.6) is 0 Å². The second-order valence-corrected chi connectivity index (χ2v) is 5.04. The molecule has 0 N–H and O–H groups in total. The molecule has 1 aliphatic heterocycles. The lowest BCUT2D eigenvalue weighted by molar-refractivity contribution is -0.0636. The fourth-order valence-corrected chi connectivity index (χ4v) is 2.56. The van der Waals surface area contributed by atoms with Crippen molar-refractivity contribution in [1.29, 1.82) is 5.26 Å². The summed E-state index contributed by atoms with van der Waals surface area (Å²) in [5, 5.41) is 8.76. The molecule has 0 atom stereocenters. The molecule has 2 aromatic rings. The summed E-state index contributed by atoms with van der Waals surface area (Å²) < 4.78 is 12.0. The number of aryl methyl sites for hydroxylation is 1. The zero-order valence-electron chi connectivity index (χ0n) is 10.7. The molecular weight excluding hydrogens is 244 g/mol. The molecule has 1 fully saturated rings. The number of rotatable bonds is 3. The van der Waals surface area contributed by atoms with Crippen molar-refractivity contribution in [2.45, 2.75) is 18.3 Å². The molecule has 3 rings (SSSR count). The van der Waals surface area contributed by atoms with Crippen LogP contribution in [0.3, 0.4) is 0 Å². The zero-order valence-corrected chi connectivity index (χ0v) is 10.7. The third-order valence-electron chi connectivity index (χ3n) is 3.88. The predicted octanol–water partition coefficient (Wildman–Crippen LogP) is 1.70. The van der Waals surface area contributed by atoms with Gasteiger partial charge < -0.3 is 9.15 Å². The van der Waals surface area contributed by atoms with Crippen LogP contribution in [0.4, 0.5) is 0 Å². The Kier molecular flexibility index (Phi) is 2.68. The molecule has 1 aromatic heterocycles. The van der Waals surface area contributed by atoms with Crippen LogP contribution < -0.4 is 5.76 Å². The lowest BCUT2D eigenvalue weighted by Gasteiger charge is -2.41. The highest BCUT2D eigenvalue weighted by molar-refractivity contribution is 5.74. The smallest absolute Gasteiger partial charge is 0.408 e. The second kappa shape index (κ2) is 4.25. The lowest BCUT2D eigenvalue weighted by Crippen LogP contribution is -2.46. The van der Waals surface area contributed by atoms with E-state index in [0.29, 0.717) is 25.2 Å². The summed E-state index contributed by atoms with van der Waals surface area (Å²) in [5.74, 6) is -0.358. The van der Waals surface area contributed by atoms with Gasteiger partial charge in [-0.2, -0.15) is 5.26 Å². The van der Waals surface area contributed by atoms with E-state index in [0.717, 1.165) is 17.5 Å². The van der Waals surface area contributed by atoms with Crippen LogP contribution in [0, 0.1) is 11.3 Å². The van der Waals surface area contributed by atoms with Gasteiger partial charge in [-0.3, -0.25) is 4.57 Å². The van der Waals surface area contributed by atoms with Crippen LogP contribution >= 0.6 is 0 Å². The Bertz CT molecular complexity index is 716. The molecule has 0 unspecified atom stereocenters. The molecule has 1 saturated heterocycles. The topological polar surface area (TPSA) is 68.2 Å². The van der Waals surface area contributed by atoms with E-state index in [4.69, 9.17) is 14.4 Å². The summed E-state index contributed by atoms with van der Waals surface area (Å²) in [4.78, 5) is 11.5. The molecule has 0 spiro atoms. The first kappa shape index (κ1) is 12.0. The highest BCUT2D eigenvalue weighted by Gasteiger charge is 2.40. The number of benzene rings is 1. The standard InChI is InChI=1S/C14H14N2O3/c1-16-11-7-10(3-4-12(11)19-13(16)17)14(5-2-6-15)8-18-9-14/h3-4,7H,2,5,8-9H2,1H3. The Hall–Kier alpha value is -2.06. The van der Waals surface area contributed by atoms with Crippen molar-refractivity contribution >= 4 is 11.1 Å². The second-order valence-electron chi connectivity index (χ2n) is 5.04. The normalized spacial score (nSPS) is 17.1. The lowest BCUT2D eigenvalue weighted by atomic mass is 9.75. The van der Waals surface area contributed by atoms with Gasteiger partial charge in [-0.1, -0.05) is 6.07 Å². The van der Waals surface area contributed by atoms with Crippen molar-refractivity contribution in [3.8, 4) is 6.07 Å². The van der Waals surface area contributed by atoms with Crippen LogP contribution in [-0.4, -0.2) is 17.8 Å². The third-order valence-corrected chi connectivity index (χ3v) is 3.88. The van der Waals surface area contributed by atoms with E-state index >= 15 is 0 Å². The fraction of sp³-hybridized carbons (Fsp3) is 0.429. The Labute approximate surface area is 110 Å². The highest BCUT2D eigenvalue weighted by atomic mass is 16.5. The fourth-order valence-electron chi connectivity index (χ4n) is 2.56. The maximum absolute atomic E-state index is 11.5. The van der Waals surface area contributed by atoms with Crippen LogP contribution in [-0.2, 0) is 17.2 Å². The van der Waals surface area contributed by atoms with E-state index in [1.807, 2.05) is 18.2 Å². The van der Waals surface area contributed by atoms with Gasteiger partial charge in [-0.15, -0.1) is 0 Å². The Morgan fingerprint density at radius 2 is 2.26 bits per heavy atom. The van der Waals surface area contributed by atoms with Crippen LogP contribution in [0.25, 0.3) is 11.1 Å². The molecule has 0 amide bonds. The number of nitrogens with zero attached hydrogens (tertiary/aromatic N) is 2. The van der Waals surface area contributed by atoms with Crippen molar-refractivity contribution in [3.05, 3.63) is 34.3 Å². The Morgan fingerprint density at radius 3 is 2.89 bits per heavy atom. The van der Waals surface area contributed by atoms with Gasteiger partial charge in [0.05, 0.1) is 24.8 Å². The molecule has 0 radical (unpaired) electrons. The number of oxazole rings is 1. The molecule has 0 saturated carbocycles. The van der Waals surface area contributed by atoms with E-state index in [-0.39, 0.29) is 11.2 Å². The molecular formula is C14H14N2O3. The minimum Gasteiger partial charge on any atom is -0.408 e. The molecule has 5 heteroatoms. The van der Waals surface area contributed by atoms with Gasteiger partial charge in [0.2, 0.25) is 0 Å². The van der Waals surface area contributed by atoms with E-state index in [9.17, 15) is 4.79 Å². The molecule has 1 aliphatic rings. The van der Waals surface area contributed by atoms with Gasteiger partial charge in [0, 0.05) is 18.9 Å². The first-order chi connectivity index (χ1) is 9.16. The van der Waals surface area contributed by atoms with Gasteiger partial charge in [-0.25, -0.2) is 4.79 Å². The first-order valence-electron chi connectivity index (χ1n) is 6.21. The average Bonchev–Trinajstić information content (AvgIpc) is 2.64. The number of aromatic nitrogens is 1. The van der Waals surface area contributed by atoms with Crippen molar-refractivity contribution in [1.82, 2.24) is 4.57 Å². The maximum atomic E-state index is 11.5. The summed E-state index contributed by atoms with van der Waals surface area (Å²) in [7, 11) is 1.69. The van der Waals surface area contributed by atoms with Gasteiger partial charge in [0.1, 0.15) is 0 Å². The highest BCUT2D eigenvalue weighted by Crippen LogP contribution is 2.37. The largest absolute Gasteiger partial charge is 0.419 e. The summed E-state index contributed by atoms with van der Waals surface area (Å²) in [6.45, 7) is 1.26. The van der Waals surface area contributed by atoms with Crippen LogP contribution in [0.2, 0.25) is 0 Å². The van der Waals surface area contributed by atoms with Gasteiger partial charge in [-0.05, 0) is 24.1 Å². The van der Waals surface area contributed by atoms with E-state index in [1.165, 1.54) is 4.57 Å². The van der Waals surface area contributed by atoms with Crippen molar-refractivity contribution in [3.63, 3.8) is 0 Å². The predicted molar refractivity (Wildman–Crippen MR) is 68.8 cm³/mol. The molecule has 19 heavy (non-hydrogen) atoms. The van der Waals surface area contributed by atoms with E-state index in [2.05, 4.69) is 6.07 Å². The molecule has 2 heterocycles. The van der Waals surface area contributed by atoms with Crippen LogP contribution in [0.15, 0.2) is 27.4 Å². The number of fused-ring (bicyclic) bond motifs is 1. The number of hydrogen-bond acceptors (Lipinski definition) is 4. The first-order valence-corrected chi connectivity index (χ1v) is 6.21. The molecule has 0 aliphatic carbocycles. The van der Waals surface area contributed by atoms with Crippen molar-refractivity contribution in [2.75, 3.05) is 13.2 Å². The van der Waals surface area contributed by atoms with E-state index < -0.39 is 0 Å². The minimum absolute atomic E-state index is 0.0861. The summed E-state index contributed by atoms with van der Waals surface area (Å²) in [6.07, 6.45) is 1.28. The average molecular weight is 258 g/mol. The van der Waals surface area contributed by atoms with E-state index in [1.54, 1.807) is 7.05 Å². The van der Waals surface area contributed by atoms with Gasteiger partial charge in [0.15, 0.2) is 5.58 Å².